The van der Waals surface area contributed by atoms with E-state index < -0.39 is 15.9 Å². The number of hydrogen-bond acceptors (Lipinski definition) is 3. The van der Waals surface area contributed by atoms with Gasteiger partial charge in [0.25, 0.3) is 0 Å². The van der Waals surface area contributed by atoms with Crippen molar-refractivity contribution in [2.45, 2.75) is 24.8 Å². The molecule has 0 aliphatic rings. The quantitative estimate of drug-likeness (QED) is 0.937. The summed E-state index contributed by atoms with van der Waals surface area (Å²) in [5.41, 5.74) is 2.60. The molecule has 1 atom stereocenters. The predicted molar refractivity (Wildman–Crippen MR) is 84.4 cm³/mol. The molecule has 1 unspecified atom stereocenters. The highest BCUT2D eigenvalue weighted by atomic mass is 35.5. The normalized spacial score (nSPS) is 13.1. The van der Waals surface area contributed by atoms with E-state index in [1.54, 1.807) is 12.1 Å². The van der Waals surface area contributed by atoms with Crippen molar-refractivity contribution in [1.82, 2.24) is 0 Å². The van der Waals surface area contributed by atoms with Gasteiger partial charge in [0.15, 0.2) is 9.84 Å². The van der Waals surface area contributed by atoms with Crippen LogP contribution in [0.25, 0.3) is 0 Å². The number of benzene rings is 2. The van der Waals surface area contributed by atoms with Gasteiger partial charge >= 0.3 is 0 Å². The molecule has 3 nitrogen and oxygen atoms in total. The van der Waals surface area contributed by atoms with Gasteiger partial charge in [-0.25, -0.2) is 8.42 Å². The average molecular weight is 325 g/mol. The van der Waals surface area contributed by atoms with Crippen molar-refractivity contribution in [2.75, 3.05) is 5.75 Å². The molecular formula is C16H17ClO3S. The lowest BCUT2D eigenvalue weighted by molar-refractivity contribution is 0.201. The maximum atomic E-state index is 12.3. The van der Waals surface area contributed by atoms with Crippen molar-refractivity contribution in [1.29, 1.82) is 0 Å². The SMILES string of the molecule is Cc1cc(C)cc(C(O)CS(=O)(=O)c2ccc(Cl)cc2)c1. The highest BCUT2D eigenvalue weighted by Gasteiger charge is 2.21. The van der Waals surface area contributed by atoms with E-state index in [9.17, 15) is 13.5 Å². The highest BCUT2D eigenvalue weighted by molar-refractivity contribution is 7.91. The maximum Gasteiger partial charge on any atom is 0.181 e. The first-order valence-electron chi connectivity index (χ1n) is 6.52. The van der Waals surface area contributed by atoms with E-state index in [-0.39, 0.29) is 10.6 Å². The van der Waals surface area contributed by atoms with E-state index in [1.807, 2.05) is 19.9 Å². The van der Waals surface area contributed by atoms with Crippen LogP contribution in [0.5, 0.6) is 0 Å². The van der Waals surface area contributed by atoms with Crippen molar-refractivity contribution in [3.63, 3.8) is 0 Å². The zero-order valence-corrected chi connectivity index (χ0v) is 13.4. The Labute approximate surface area is 130 Å². The van der Waals surface area contributed by atoms with Crippen molar-refractivity contribution in [3.8, 4) is 0 Å². The van der Waals surface area contributed by atoms with Crippen molar-refractivity contribution >= 4 is 21.4 Å². The molecule has 2 aromatic rings. The molecule has 0 spiro atoms. The summed E-state index contributed by atoms with van der Waals surface area (Å²) in [6.07, 6.45) is -1.05. The van der Waals surface area contributed by atoms with Crippen LogP contribution in [0.1, 0.15) is 22.8 Å². The molecule has 0 amide bonds. The molecule has 0 bridgehead atoms. The van der Waals surface area contributed by atoms with Crippen molar-refractivity contribution in [2.24, 2.45) is 0 Å². The van der Waals surface area contributed by atoms with Crippen LogP contribution in [-0.4, -0.2) is 19.3 Å². The highest BCUT2D eigenvalue weighted by Crippen LogP contribution is 2.22. The van der Waals surface area contributed by atoms with Crippen molar-refractivity contribution in [3.05, 3.63) is 64.2 Å². The lowest BCUT2D eigenvalue weighted by atomic mass is 10.0. The van der Waals surface area contributed by atoms with Crippen LogP contribution in [0.3, 0.4) is 0 Å². The van der Waals surface area contributed by atoms with Gasteiger partial charge in [-0.2, -0.15) is 0 Å². The van der Waals surface area contributed by atoms with Crippen LogP contribution < -0.4 is 0 Å². The molecule has 0 aliphatic carbocycles. The first-order valence-corrected chi connectivity index (χ1v) is 8.55. The van der Waals surface area contributed by atoms with Gasteiger partial charge in [0.05, 0.1) is 16.8 Å². The topological polar surface area (TPSA) is 54.4 Å². The van der Waals surface area contributed by atoms with Gasteiger partial charge in [0.1, 0.15) is 0 Å². The van der Waals surface area contributed by atoms with Crippen LogP contribution in [0.4, 0.5) is 0 Å². The van der Waals surface area contributed by atoms with Crippen molar-refractivity contribution < 1.29 is 13.5 Å². The Bertz CT molecular complexity index is 716. The summed E-state index contributed by atoms with van der Waals surface area (Å²) < 4.78 is 24.6. The van der Waals surface area contributed by atoms with Crippen LogP contribution in [0.2, 0.25) is 5.02 Å². The molecule has 0 fully saturated rings. The number of aliphatic hydroxyl groups excluding tert-OH is 1. The second-order valence-electron chi connectivity index (χ2n) is 5.17. The van der Waals surface area contributed by atoms with E-state index in [0.717, 1.165) is 11.1 Å². The van der Waals surface area contributed by atoms with Crippen LogP contribution in [-0.2, 0) is 9.84 Å². The Morgan fingerprint density at radius 3 is 2.10 bits per heavy atom. The minimum absolute atomic E-state index is 0.162. The Kier molecular flexibility index (Phi) is 4.71. The fraction of sp³-hybridized carbons (Fsp3) is 0.250. The molecule has 0 radical (unpaired) electrons. The van der Waals surface area contributed by atoms with Gasteiger partial charge < -0.3 is 5.11 Å². The third-order valence-electron chi connectivity index (χ3n) is 3.18. The van der Waals surface area contributed by atoms with Gasteiger partial charge in [0.2, 0.25) is 0 Å². The first-order chi connectivity index (χ1) is 9.78. The molecule has 1 N–H and O–H groups in total. The number of rotatable bonds is 4. The maximum absolute atomic E-state index is 12.3. The van der Waals surface area contributed by atoms with Crippen LogP contribution in [0, 0.1) is 13.8 Å². The second-order valence-corrected chi connectivity index (χ2v) is 7.64. The Morgan fingerprint density at radius 2 is 1.57 bits per heavy atom. The summed E-state index contributed by atoms with van der Waals surface area (Å²) in [6.45, 7) is 3.83. The molecule has 0 saturated carbocycles. The minimum Gasteiger partial charge on any atom is -0.387 e. The Balaban J connectivity index is 2.25. The fourth-order valence-corrected chi connectivity index (χ4v) is 3.72. The average Bonchev–Trinajstić information content (AvgIpc) is 2.37. The van der Waals surface area contributed by atoms with Gasteiger partial charge in [-0.3, -0.25) is 0 Å². The van der Waals surface area contributed by atoms with E-state index in [1.165, 1.54) is 24.3 Å². The number of aryl methyl sites for hydroxylation is 2. The summed E-state index contributed by atoms with van der Waals surface area (Å²) in [4.78, 5) is 0.162. The van der Waals surface area contributed by atoms with E-state index in [2.05, 4.69) is 0 Å². The number of hydrogen-bond donors (Lipinski definition) is 1. The molecule has 2 aromatic carbocycles. The summed E-state index contributed by atoms with van der Waals surface area (Å²) in [5, 5.41) is 10.7. The van der Waals surface area contributed by atoms with Gasteiger partial charge in [0, 0.05) is 5.02 Å². The smallest absolute Gasteiger partial charge is 0.181 e. The number of sulfone groups is 1. The lowest BCUT2D eigenvalue weighted by Crippen LogP contribution is -2.15. The summed E-state index contributed by atoms with van der Waals surface area (Å²) in [5.74, 6) is -0.350. The van der Waals surface area contributed by atoms with E-state index >= 15 is 0 Å². The molecule has 0 aromatic heterocycles. The molecule has 0 saturated heterocycles. The standard InChI is InChI=1S/C16H17ClO3S/c1-11-7-12(2)9-13(8-11)16(18)10-21(19,20)15-5-3-14(17)4-6-15/h3-9,16,18H,10H2,1-2H3. The summed E-state index contributed by atoms with van der Waals surface area (Å²) >= 11 is 5.75. The van der Waals surface area contributed by atoms with Gasteiger partial charge in [-0.15, -0.1) is 0 Å². The number of halogens is 1. The lowest BCUT2D eigenvalue weighted by Gasteiger charge is -2.13. The molecule has 0 heterocycles. The summed E-state index contributed by atoms with van der Waals surface area (Å²) in [6, 6.07) is 11.5. The monoisotopic (exact) mass is 324 g/mol. The van der Waals surface area contributed by atoms with Gasteiger partial charge in [-0.05, 0) is 43.7 Å². The molecular weight excluding hydrogens is 308 g/mol. The first kappa shape index (κ1) is 16.0. The molecule has 112 valence electrons. The van der Waals surface area contributed by atoms with E-state index in [0.29, 0.717) is 10.6 Å². The van der Waals surface area contributed by atoms with Crippen LogP contribution in [0.15, 0.2) is 47.4 Å². The zero-order valence-electron chi connectivity index (χ0n) is 11.9. The number of aliphatic hydroxyl groups is 1. The molecule has 5 heteroatoms. The fourth-order valence-electron chi connectivity index (χ4n) is 2.24. The Morgan fingerprint density at radius 1 is 1.05 bits per heavy atom. The second kappa shape index (κ2) is 6.18. The largest absolute Gasteiger partial charge is 0.387 e. The molecule has 21 heavy (non-hydrogen) atoms. The summed E-state index contributed by atoms with van der Waals surface area (Å²) in [7, 11) is -3.56. The third-order valence-corrected chi connectivity index (χ3v) is 5.18. The van der Waals surface area contributed by atoms with Gasteiger partial charge in [-0.1, -0.05) is 40.9 Å². The predicted octanol–water partition coefficient (Wildman–Crippen LogP) is 3.46. The van der Waals surface area contributed by atoms with E-state index in [4.69, 9.17) is 11.6 Å². The molecule has 0 aliphatic heterocycles. The Hall–Kier alpha value is -1.36. The van der Waals surface area contributed by atoms with Crippen LogP contribution >= 0.6 is 11.6 Å². The minimum atomic E-state index is -3.56. The zero-order chi connectivity index (χ0) is 15.6. The molecule has 2 rings (SSSR count). The third kappa shape index (κ3) is 4.06.